The van der Waals surface area contributed by atoms with Gasteiger partial charge in [0.05, 0.1) is 11.1 Å². The number of hydrogen-bond donors (Lipinski definition) is 1. The first-order valence-electron chi connectivity index (χ1n) is 9.18. The van der Waals surface area contributed by atoms with Crippen molar-refractivity contribution in [1.82, 2.24) is 9.88 Å². The van der Waals surface area contributed by atoms with Crippen LogP contribution in [-0.4, -0.2) is 45.5 Å². The zero-order valence-electron chi connectivity index (χ0n) is 15.3. The average molecular weight is 438 g/mol. The average Bonchev–Trinajstić information content (AvgIpc) is 2.65. The summed E-state index contributed by atoms with van der Waals surface area (Å²) in [5.74, 6) is -1.92. The Morgan fingerprint density at radius 3 is 2.45 bits per heavy atom. The highest BCUT2D eigenvalue weighted by Crippen LogP contribution is 2.37. The Bertz CT molecular complexity index is 950. The maximum atomic E-state index is 14.4. The Morgan fingerprint density at radius 2 is 1.83 bits per heavy atom. The maximum absolute atomic E-state index is 14.4. The topological polar surface area (TPSA) is 73.7 Å². The molecule has 9 heteroatoms. The molecule has 0 spiro atoms. The second kappa shape index (κ2) is 7.89. The number of benzene rings is 1. The molecule has 6 nitrogen and oxygen atoms in total. The fourth-order valence-corrected chi connectivity index (χ4v) is 4.12. The molecule has 1 atom stereocenters. The third-order valence-corrected chi connectivity index (χ3v) is 5.83. The van der Waals surface area contributed by atoms with Gasteiger partial charge in [0.2, 0.25) is 5.91 Å². The lowest BCUT2D eigenvalue weighted by Gasteiger charge is -2.47. The Labute approximate surface area is 176 Å². The summed E-state index contributed by atoms with van der Waals surface area (Å²) in [6.07, 6.45) is 1.55. The normalized spacial score (nSPS) is 24.6. The van der Waals surface area contributed by atoms with E-state index < -0.39 is 23.9 Å². The molecular weight excluding hydrogens is 420 g/mol. The summed E-state index contributed by atoms with van der Waals surface area (Å²) >= 11 is 11.7. The van der Waals surface area contributed by atoms with Gasteiger partial charge < -0.3 is 10.0 Å². The number of aromatic nitrogens is 1. The van der Waals surface area contributed by atoms with Crippen LogP contribution in [0.25, 0.3) is 0 Å². The van der Waals surface area contributed by atoms with E-state index in [1.807, 2.05) is 0 Å². The number of amides is 2. The molecule has 1 aromatic heterocycles. The fraction of sp³-hybridized carbons (Fsp3) is 0.350. The molecule has 1 aliphatic carbocycles. The van der Waals surface area contributed by atoms with E-state index >= 15 is 0 Å². The quantitative estimate of drug-likeness (QED) is 0.797. The van der Waals surface area contributed by atoms with Gasteiger partial charge in [-0.05, 0) is 42.5 Å². The molecule has 0 radical (unpaired) electrons. The number of pyridine rings is 1. The largest absolute Gasteiger partial charge is 0.393 e. The summed E-state index contributed by atoms with van der Waals surface area (Å²) in [6, 6.07) is 7.28. The number of carbonyl (C=O) groups excluding carboxylic acids is 2. The molecule has 1 aromatic carbocycles. The second-order valence-corrected chi connectivity index (χ2v) is 8.23. The molecular formula is C20H18Cl2FN3O3. The number of piperazine rings is 1. The van der Waals surface area contributed by atoms with E-state index in [9.17, 15) is 19.1 Å². The van der Waals surface area contributed by atoms with Crippen molar-refractivity contribution in [3.63, 3.8) is 0 Å². The highest BCUT2D eigenvalue weighted by Gasteiger charge is 2.48. The van der Waals surface area contributed by atoms with Crippen molar-refractivity contribution in [3.8, 4) is 0 Å². The lowest BCUT2D eigenvalue weighted by molar-refractivity contribution is -0.149. The minimum absolute atomic E-state index is 0.102. The minimum atomic E-state index is -0.799. The van der Waals surface area contributed by atoms with Crippen LogP contribution in [0.1, 0.15) is 18.4 Å². The molecule has 29 heavy (non-hydrogen) atoms. The van der Waals surface area contributed by atoms with Crippen molar-refractivity contribution >= 4 is 40.8 Å². The molecule has 2 aliphatic rings. The summed E-state index contributed by atoms with van der Waals surface area (Å²) in [5, 5.41) is 10.4. The van der Waals surface area contributed by atoms with Crippen LogP contribution < -0.4 is 4.90 Å². The molecule has 0 bridgehead atoms. The molecule has 1 saturated carbocycles. The van der Waals surface area contributed by atoms with E-state index in [4.69, 9.17) is 23.2 Å². The number of nitrogens with zero attached hydrogens (tertiary/aromatic N) is 3. The molecule has 152 valence electrons. The smallest absolute Gasteiger partial charge is 0.251 e. The molecule has 2 heterocycles. The fourth-order valence-electron chi connectivity index (χ4n) is 3.85. The molecule has 2 fully saturated rings. The zero-order valence-corrected chi connectivity index (χ0v) is 16.8. The highest BCUT2D eigenvalue weighted by molar-refractivity contribution is 6.30. The van der Waals surface area contributed by atoms with Gasteiger partial charge in [0, 0.05) is 17.8 Å². The van der Waals surface area contributed by atoms with Crippen LogP contribution in [0.15, 0.2) is 36.5 Å². The monoisotopic (exact) mass is 437 g/mol. The molecule has 4 rings (SSSR count). The third-order valence-electron chi connectivity index (χ3n) is 5.37. The summed E-state index contributed by atoms with van der Waals surface area (Å²) in [5.41, 5.74) is 0.824. The maximum Gasteiger partial charge on any atom is 0.251 e. The summed E-state index contributed by atoms with van der Waals surface area (Å²) in [6.45, 7) is -0.0902. The Balaban J connectivity index is 1.65. The first-order chi connectivity index (χ1) is 13.8. The molecule has 1 aliphatic heterocycles. The lowest BCUT2D eigenvalue weighted by atomic mass is 9.75. The predicted molar refractivity (Wildman–Crippen MR) is 106 cm³/mol. The van der Waals surface area contributed by atoms with Gasteiger partial charge in [-0.1, -0.05) is 35.3 Å². The van der Waals surface area contributed by atoms with E-state index in [1.165, 1.54) is 11.1 Å². The number of hydrogen-bond acceptors (Lipinski definition) is 4. The second-order valence-electron chi connectivity index (χ2n) is 7.36. The summed E-state index contributed by atoms with van der Waals surface area (Å²) in [4.78, 5) is 32.8. The number of carbonyl (C=O) groups is 2. The van der Waals surface area contributed by atoms with Crippen molar-refractivity contribution in [2.24, 2.45) is 5.92 Å². The highest BCUT2D eigenvalue weighted by atomic mass is 35.5. The molecule has 1 saturated heterocycles. The number of aliphatic hydroxyl groups is 1. The van der Waals surface area contributed by atoms with Crippen molar-refractivity contribution in [2.75, 3.05) is 11.4 Å². The SMILES string of the molecule is O=C1C([C@H]2C[C@H](O)C2)N(Cc2ccc(Cl)cc2)C(=O)CN1c1ncc(Cl)cc1F. The Kier molecular flexibility index (Phi) is 5.46. The van der Waals surface area contributed by atoms with Crippen molar-refractivity contribution in [1.29, 1.82) is 0 Å². The van der Waals surface area contributed by atoms with Crippen molar-refractivity contribution in [3.05, 3.63) is 58.0 Å². The number of halogens is 3. The van der Waals surface area contributed by atoms with Crippen LogP contribution in [0.3, 0.4) is 0 Å². The lowest BCUT2D eigenvalue weighted by Crippen LogP contribution is -2.64. The van der Waals surface area contributed by atoms with Crippen LogP contribution in [0.5, 0.6) is 0 Å². The van der Waals surface area contributed by atoms with E-state index in [0.29, 0.717) is 17.9 Å². The number of aliphatic hydroxyl groups excluding tert-OH is 1. The summed E-state index contributed by atoms with van der Waals surface area (Å²) < 4.78 is 14.4. The standard InChI is InChI=1S/C20H18Cl2FN3O3/c21-13-3-1-11(2-4-13)9-25-17(28)10-26(19-16(23)7-14(22)8-24-19)20(29)18(25)12-5-15(27)6-12/h1-4,7-8,12,15,18,27H,5-6,9-10H2/t12-,15-,18?. The van der Waals surface area contributed by atoms with Gasteiger partial charge in [-0.25, -0.2) is 9.37 Å². The van der Waals surface area contributed by atoms with E-state index in [1.54, 1.807) is 24.3 Å². The van der Waals surface area contributed by atoms with Crippen LogP contribution in [0.2, 0.25) is 10.0 Å². The van der Waals surface area contributed by atoms with Gasteiger partial charge in [-0.3, -0.25) is 14.5 Å². The predicted octanol–water partition coefficient (Wildman–Crippen LogP) is 3.04. The number of anilines is 1. The molecule has 1 unspecified atom stereocenters. The minimum Gasteiger partial charge on any atom is -0.393 e. The van der Waals surface area contributed by atoms with E-state index in [0.717, 1.165) is 16.5 Å². The van der Waals surface area contributed by atoms with Crippen LogP contribution in [0, 0.1) is 11.7 Å². The first-order valence-corrected chi connectivity index (χ1v) is 9.93. The van der Waals surface area contributed by atoms with Crippen LogP contribution >= 0.6 is 23.2 Å². The third kappa shape index (κ3) is 3.95. The van der Waals surface area contributed by atoms with Gasteiger partial charge in [0.15, 0.2) is 11.6 Å². The van der Waals surface area contributed by atoms with Gasteiger partial charge in [0.1, 0.15) is 12.6 Å². The van der Waals surface area contributed by atoms with Gasteiger partial charge in [0.25, 0.3) is 5.91 Å². The van der Waals surface area contributed by atoms with Gasteiger partial charge in [-0.15, -0.1) is 0 Å². The van der Waals surface area contributed by atoms with E-state index in [-0.39, 0.29) is 35.8 Å². The van der Waals surface area contributed by atoms with Crippen molar-refractivity contribution in [2.45, 2.75) is 31.5 Å². The molecule has 2 aromatic rings. The zero-order chi connectivity index (χ0) is 20.7. The van der Waals surface area contributed by atoms with Crippen LogP contribution in [-0.2, 0) is 16.1 Å². The number of rotatable bonds is 4. The first kappa shape index (κ1) is 20.1. The van der Waals surface area contributed by atoms with Crippen LogP contribution in [0.4, 0.5) is 10.2 Å². The van der Waals surface area contributed by atoms with Crippen molar-refractivity contribution < 1.29 is 19.1 Å². The molecule has 1 N–H and O–H groups in total. The summed E-state index contributed by atoms with van der Waals surface area (Å²) in [7, 11) is 0. The Morgan fingerprint density at radius 1 is 1.14 bits per heavy atom. The molecule has 2 amide bonds. The Hall–Kier alpha value is -2.22. The van der Waals surface area contributed by atoms with Gasteiger partial charge >= 0.3 is 0 Å². The van der Waals surface area contributed by atoms with Gasteiger partial charge in [-0.2, -0.15) is 0 Å². The van der Waals surface area contributed by atoms with E-state index in [2.05, 4.69) is 4.98 Å².